The van der Waals surface area contributed by atoms with Gasteiger partial charge >= 0.3 is 0 Å². The van der Waals surface area contributed by atoms with E-state index in [1.54, 1.807) is 0 Å². The van der Waals surface area contributed by atoms with Crippen LogP contribution in [0, 0.1) is 0 Å². The summed E-state index contributed by atoms with van der Waals surface area (Å²) in [6, 6.07) is 0. The second kappa shape index (κ2) is 2.87. The third-order valence-corrected chi connectivity index (χ3v) is 1.52. The Morgan fingerprint density at radius 2 is 2.20 bits per heavy atom. The van der Waals surface area contributed by atoms with Crippen LogP contribution in [-0.2, 0) is 10.2 Å². The summed E-state index contributed by atoms with van der Waals surface area (Å²) in [5, 5.41) is 0. The molecular weight excluding hydrogens is 104 g/mol. The van der Waals surface area contributed by atoms with Crippen molar-refractivity contribution in [2.24, 2.45) is 0 Å². The summed E-state index contributed by atoms with van der Waals surface area (Å²) in [4.78, 5) is 0. The fourth-order valence-electron chi connectivity index (χ4n) is 0. The molecule has 0 radical (unpaired) electrons. The SMILES string of the molecule is CC[S+]([O-])S. The molecule has 3 heteroatoms. The summed E-state index contributed by atoms with van der Waals surface area (Å²) in [6.45, 7) is 1.82. The van der Waals surface area contributed by atoms with E-state index in [-0.39, 0.29) is 0 Å². The highest BCUT2D eigenvalue weighted by Crippen LogP contribution is 1.90. The third-order valence-electron chi connectivity index (χ3n) is 0.247. The van der Waals surface area contributed by atoms with Crippen LogP contribution in [-0.4, -0.2) is 10.3 Å². The second-order valence-corrected chi connectivity index (χ2v) is 3.05. The molecule has 0 amide bonds. The van der Waals surface area contributed by atoms with E-state index in [4.69, 9.17) is 0 Å². The van der Waals surface area contributed by atoms with Gasteiger partial charge in [0.05, 0.1) is 11.7 Å². The molecule has 32 valence electrons. The zero-order valence-electron chi connectivity index (χ0n) is 2.97. The smallest absolute Gasteiger partial charge is 0.114 e. The van der Waals surface area contributed by atoms with E-state index in [0.717, 1.165) is 0 Å². The van der Waals surface area contributed by atoms with Gasteiger partial charge in [-0.05, 0) is 6.92 Å². The van der Waals surface area contributed by atoms with Crippen molar-refractivity contribution in [3.8, 4) is 0 Å². The fraction of sp³-hybridized carbons (Fsp3) is 1.00. The van der Waals surface area contributed by atoms with Crippen molar-refractivity contribution >= 4 is 21.9 Å². The monoisotopic (exact) mass is 110 g/mol. The predicted molar refractivity (Wildman–Crippen MR) is 27.7 cm³/mol. The Morgan fingerprint density at radius 1 is 2.00 bits per heavy atom. The third kappa shape index (κ3) is 4.66. The highest BCUT2D eigenvalue weighted by molar-refractivity contribution is 8.63. The maximum absolute atomic E-state index is 9.79. The molecule has 1 atom stereocenters. The van der Waals surface area contributed by atoms with Gasteiger partial charge in [-0.1, -0.05) is 0 Å². The van der Waals surface area contributed by atoms with Gasteiger partial charge in [0.15, 0.2) is 0 Å². The average molecular weight is 110 g/mol. The summed E-state index contributed by atoms with van der Waals surface area (Å²) in [7, 11) is -0.878. The molecule has 0 aliphatic carbocycles. The van der Waals surface area contributed by atoms with E-state index in [1.165, 1.54) is 0 Å². The quantitative estimate of drug-likeness (QED) is 0.298. The van der Waals surface area contributed by atoms with Crippen molar-refractivity contribution < 1.29 is 4.55 Å². The van der Waals surface area contributed by atoms with Gasteiger partial charge < -0.3 is 4.55 Å². The Bertz CT molecular complexity index is 21.6. The van der Waals surface area contributed by atoms with Crippen molar-refractivity contribution in [2.45, 2.75) is 6.92 Å². The topological polar surface area (TPSA) is 23.1 Å². The molecule has 0 aliphatic rings. The standard InChI is InChI=1S/C2H6OS2/c1-2-5(3)4/h2H2,1H3,(H,3,4). The van der Waals surface area contributed by atoms with Crippen LogP contribution < -0.4 is 0 Å². The number of hydrogen-bond donors (Lipinski definition) is 1. The van der Waals surface area contributed by atoms with Gasteiger partial charge in [0.25, 0.3) is 0 Å². The van der Waals surface area contributed by atoms with Crippen LogP contribution in [0.2, 0.25) is 0 Å². The number of hydrogen-bond acceptors (Lipinski definition) is 2. The lowest BCUT2D eigenvalue weighted by molar-refractivity contribution is 0.611. The highest BCUT2D eigenvalue weighted by Gasteiger charge is 1.84. The van der Waals surface area contributed by atoms with Crippen LogP contribution in [0.15, 0.2) is 0 Å². The van der Waals surface area contributed by atoms with E-state index in [0.29, 0.717) is 5.75 Å². The zero-order chi connectivity index (χ0) is 4.28. The van der Waals surface area contributed by atoms with Crippen LogP contribution in [0.4, 0.5) is 0 Å². The predicted octanol–water partition coefficient (Wildman–Crippen LogP) is 0.600. The van der Waals surface area contributed by atoms with Crippen molar-refractivity contribution in [3.63, 3.8) is 0 Å². The molecule has 0 N–H and O–H groups in total. The summed E-state index contributed by atoms with van der Waals surface area (Å²) < 4.78 is 9.79. The Hall–Kier alpha value is 0.660. The van der Waals surface area contributed by atoms with Crippen molar-refractivity contribution in [1.29, 1.82) is 0 Å². The highest BCUT2D eigenvalue weighted by atomic mass is 33.1. The molecule has 0 spiro atoms. The van der Waals surface area contributed by atoms with E-state index in [2.05, 4.69) is 11.7 Å². The van der Waals surface area contributed by atoms with Crippen LogP contribution in [0.5, 0.6) is 0 Å². The second-order valence-electron chi connectivity index (χ2n) is 0.610. The molecule has 0 aromatic heterocycles. The van der Waals surface area contributed by atoms with Crippen molar-refractivity contribution in [1.82, 2.24) is 0 Å². The summed E-state index contributed by atoms with van der Waals surface area (Å²) in [5.41, 5.74) is 0. The van der Waals surface area contributed by atoms with E-state index in [1.807, 2.05) is 6.92 Å². The Kier molecular flexibility index (Phi) is 3.25. The first-order valence-electron chi connectivity index (χ1n) is 1.35. The van der Waals surface area contributed by atoms with Crippen molar-refractivity contribution in [3.05, 3.63) is 0 Å². The van der Waals surface area contributed by atoms with E-state index in [9.17, 15) is 4.55 Å². The fourth-order valence-corrected chi connectivity index (χ4v) is 0. The molecule has 0 saturated heterocycles. The maximum Gasteiger partial charge on any atom is 0.114 e. The molecule has 0 aliphatic heterocycles. The lowest BCUT2D eigenvalue weighted by Crippen LogP contribution is -1.88. The lowest BCUT2D eigenvalue weighted by Gasteiger charge is -1.91. The molecule has 5 heavy (non-hydrogen) atoms. The van der Waals surface area contributed by atoms with Gasteiger partial charge in [-0.15, -0.1) is 0 Å². The minimum atomic E-state index is -0.878. The number of rotatable bonds is 1. The minimum absolute atomic E-state index is 0.642. The van der Waals surface area contributed by atoms with Gasteiger partial charge in [0.1, 0.15) is 5.75 Å². The normalized spacial score (nSPS) is 15.0. The van der Waals surface area contributed by atoms with Gasteiger partial charge in [0.2, 0.25) is 0 Å². The van der Waals surface area contributed by atoms with Crippen LogP contribution >= 0.6 is 11.7 Å². The first-order valence-corrected chi connectivity index (χ1v) is 3.72. The summed E-state index contributed by atoms with van der Waals surface area (Å²) in [6.07, 6.45) is 0. The number of thiol groups is 1. The van der Waals surface area contributed by atoms with Gasteiger partial charge in [-0.3, -0.25) is 0 Å². The first-order chi connectivity index (χ1) is 2.27. The molecule has 1 nitrogen and oxygen atoms in total. The zero-order valence-corrected chi connectivity index (χ0v) is 4.68. The Morgan fingerprint density at radius 3 is 2.20 bits per heavy atom. The molecule has 0 bridgehead atoms. The molecule has 0 aromatic carbocycles. The minimum Gasteiger partial charge on any atom is -0.605 e. The molecule has 0 rings (SSSR count). The first kappa shape index (κ1) is 5.66. The maximum atomic E-state index is 9.79. The molecule has 1 unspecified atom stereocenters. The van der Waals surface area contributed by atoms with Gasteiger partial charge in [-0.25, -0.2) is 0 Å². The molecule has 0 fully saturated rings. The summed E-state index contributed by atoms with van der Waals surface area (Å²) >= 11 is 3.57. The van der Waals surface area contributed by atoms with Crippen LogP contribution in [0.1, 0.15) is 6.92 Å². The lowest BCUT2D eigenvalue weighted by atomic mass is 11.0. The van der Waals surface area contributed by atoms with Crippen molar-refractivity contribution in [2.75, 3.05) is 5.75 Å². The van der Waals surface area contributed by atoms with E-state index >= 15 is 0 Å². The molecule has 0 aromatic rings. The van der Waals surface area contributed by atoms with Gasteiger partial charge in [0, 0.05) is 10.2 Å². The van der Waals surface area contributed by atoms with Crippen LogP contribution in [0.25, 0.3) is 0 Å². The van der Waals surface area contributed by atoms with Crippen LogP contribution in [0.3, 0.4) is 0 Å². The molecule has 0 saturated carbocycles. The average Bonchev–Trinajstić information content (AvgIpc) is 1.38. The Balaban J connectivity index is 2.54. The molecule has 0 heterocycles. The molecular formula is C2H6OS2. The van der Waals surface area contributed by atoms with Gasteiger partial charge in [-0.2, -0.15) is 0 Å². The largest absolute Gasteiger partial charge is 0.605 e. The van der Waals surface area contributed by atoms with E-state index < -0.39 is 10.2 Å². The summed E-state index contributed by atoms with van der Waals surface area (Å²) in [5.74, 6) is 0.642. The Labute approximate surface area is 39.8 Å².